The summed E-state index contributed by atoms with van der Waals surface area (Å²) in [4.78, 5) is 2.47. The van der Waals surface area contributed by atoms with Gasteiger partial charge in [-0.15, -0.1) is 0 Å². The monoisotopic (exact) mass is 264 g/mol. The summed E-state index contributed by atoms with van der Waals surface area (Å²) >= 11 is 0. The molecule has 0 fully saturated rings. The second-order valence-electron chi connectivity index (χ2n) is 4.97. The van der Waals surface area contributed by atoms with E-state index in [2.05, 4.69) is 54.4 Å². The van der Waals surface area contributed by atoms with Crippen LogP contribution >= 0.6 is 0 Å². The Morgan fingerprint density at radius 2 is 1.95 bits per heavy atom. The molecule has 3 nitrogen and oxygen atoms in total. The van der Waals surface area contributed by atoms with Gasteiger partial charge in [-0.3, -0.25) is 4.90 Å². The normalized spacial score (nSPS) is 14.6. The lowest BCUT2D eigenvalue weighted by Gasteiger charge is -2.29. The van der Waals surface area contributed by atoms with Crippen molar-refractivity contribution < 1.29 is 4.74 Å². The number of nitrogens with zero attached hydrogens (tertiary/aromatic N) is 1. The molecule has 0 spiro atoms. The van der Waals surface area contributed by atoms with Gasteiger partial charge in [-0.1, -0.05) is 37.3 Å². The summed E-state index contributed by atoms with van der Waals surface area (Å²) in [6.07, 6.45) is 1.11. The molecular weight excluding hydrogens is 236 g/mol. The lowest BCUT2D eigenvalue weighted by atomic mass is 10.0. The van der Waals surface area contributed by atoms with Gasteiger partial charge in [0.2, 0.25) is 0 Å². The highest BCUT2D eigenvalue weighted by molar-refractivity contribution is 5.18. The molecular formula is C16H28N2O. The van der Waals surface area contributed by atoms with E-state index in [0.29, 0.717) is 12.1 Å². The molecule has 0 amide bonds. The fourth-order valence-electron chi connectivity index (χ4n) is 2.49. The molecule has 0 aliphatic heterocycles. The molecule has 1 aromatic carbocycles. The van der Waals surface area contributed by atoms with E-state index < -0.39 is 0 Å². The summed E-state index contributed by atoms with van der Waals surface area (Å²) in [6, 6.07) is 11.5. The zero-order valence-electron chi connectivity index (χ0n) is 12.7. The van der Waals surface area contributed by atoms with Crippen molar-refractivity contribution in [1.82, 2.24) is 10.2 Å². The van der Waals surface area contributed by atoms with Crippen LogP contribution in [0, 0.1) is 0 Å². The summed E-state index contributed by atoms with van der Waals surface area (Å²) in [5.74, 6) is 0. The van der Waals surface area contributed by atoms with Crippen molar-refractivity contribution in [2.24, 2.45) is 0 Å². The van der Waals surface area contributed by atoms with E-state index in [9.17, 15) is 0 Å². The molecule has 0 aliphatic carbocycles. The van der Waals surface area contributed by atoms with Crippen LogP contribution in [-0.2, 0) is 4.74 Å². The Balaban J connectivity index is 2.52. The summed E-state index contributed by atoms with van der Waals surface area (Å²) in [6.45, 7) is 7.38. The van der Waals surface area contributed by atoms with Crippen LogP contribution in [0.3, 0.4) is 0 Å². The molecule has 2 atom stereocenters. The van der Waals surface area contributed by atoms with Gasteiger partial charge in [-0.25, -0.2) is 0 Å². The summed E-state index contributed by atoms with van der Waals surface area (Å²) in [5, 5.41) is 3.41. The number of rotatable bonds is 9. The Kier molecular flexibility index (Phi) is 7.72. The van der Waals surface area contributed by atoms with Crippen molar-refractivity contribution in [1.29, 1.82) is 0 Å². The minimum Gasteiger partial charge on any atom is -0.383 e. The smallest absolute Gasteiger partial charge is 0.0615 e. The van der Waals surface area contributed by atoms with Gasteiger partial charge < -0.3 is 10.1 Å². The predicted octanol–water partition coefficient (Wildman–Crippen LogP) is 2.69. The molecule has 0 saturated carbocycles. The molecule has 1 N–H and O–H groups in total. The number of hydrogen-bond donors (Lipinski definition) is 1. The highest BCUT2D eigenvalue weighted by Gasteiger charge is 2.15. The number of ether oxygens (including phenoxy) is 1. The van der Waals surface area contributed by atoms with E-state index in [-0.39, 0.29) is 0 Å². The lowest BCUT2D eigenvalue weighted by molar-refractivity contribution is 0.0998. The van der Waals surface area contributed by atoms with Crippen molar-refractivity contribution in [3.05, 3.63) is 35.9 Å². The van der Waals surface area contributed by atoms with Crippen LogP contribution in [0.25, 0.3) is 0 Å². The quantitative estimate of drug-likeness (QED) is 0.742. The number of methoxy groups -OCH3 is 1. The van der Waals surface area contributed by atoms with E-state index in [1.54, 1.807) is 7.11 Å². The Morgan fingerprint density at radius 1 is 1.26 bits per heavy atom. The second kappa shape index (κ2) is 9.08. The fraction of sp³-hybridized carbons (Fsp3) is 0.625. The van der Waals surface area contributed by atoms with E-state index >= 15 is 0 Å². The lowest BCUT2D eigenvalue weighted by Crippen LogP contribution is -2.38. The van der Waals surface area contributed by atoms with Gasteiger partial charge in [0, 0.05) is 25.7 Å². The van der Waals surface area contributed by atoms with Crippen LogP contribution in [0.1, 0.15) is 31.9 Å². The Labute approximate surface area is 118 Å². The molecule has 0 heterocycles. The molecule has 19 heavy (non-hydrogen) atoms. The molecule has 1 aromatic rings. The highest BCUT2D eigenvalue weighted by atomic mass is 16.5. The third-order valence-corrected chi connectivity index (χ3v) is 3.69. The van der Waals surface area contributed by atoms with Crippen molar-refractivity contribution in [3.8, 4) is 0 Å². The van der Waals surface area contributed by atoms with Gasteiger partial charge in [-0.05, 0) is 32.5 Å². The molecule has 0 radical (unpaired) electrons. The molecule has 0 saturated heterocycles. The SMILES string of the molecule is CCN(CCC(NC)c1ccccc1)C(C)COC. The fourth-order valence-corrected chi connectivity index (χ4v) is 2.49. The topological polar surface area (TPSA) is 24.5 Å². The molecule has 0 aromatic heterocycles. The first-order valence-electron chi connectivity index (χ1n) is 7.18. The minimum atomic E-state index is 0.421. The molecule has 0 bridgehead atoms. The largest absolute Gasteiger partial charge is 0.383 e. The van der Waals surface area contributed by atoms with Gasteiger partial charge in [0.15, 0.2) is 0 Å². The molecule has 1 rings (SSSR count). The van der Waals surface area contributed by atoms with Crippen molar-refractivity contribution in [2.75, 3.05) is 33.9 Å². The standard InChI is InChI=1S/C16H28N2O/c1-5-18(14(2)13-19-4)12-11-16(17-3)15-9-7-6-8-10-15/h6-10,14,16-17H,5,11-13H2,1-4H3. The van der Waals surface area contributed by atoms with Crippen molar-refractivity contribution in [3.63, 3.8) is 0 Å². The van der Waals surface area contributed by atoms with Crippen LogP contribution in [0.5, 0.6) is 0 Å². The van der Waals surface area contributed by atoms with E-state index in [1.807, 2.05) is 7.05 Å². The maximum Gasteiger partial charge on any atom is 0.0615 e. The van der Waals surface area contributed by atoms with Gasteiger partial charge in [0.05, 0.1) is 6.61 Å². The Hall–Kier alpha value is -0.900. The third-order valence-electron chi connectivity index (χ3n) is 3.69. The van der Waals surface area contributed by atoms with Crippen molar-refractivity contribution >= 4 is 0 Å². The minimum absolute atomic E-state index is 0.421. The summed E-state index contributed by atoms with van der Waals surface area (Å²) in [7, 11) is 3.80. The number of nitrogens with one attached hydrogen (secondary N) is 1. The maximum atomic E-state index is 5.25. The zero-order chi connectivity index (χ0) is 14.1. The molecule has 108 valence electrons. The first-order chi connectivity index (χ1) is 9.22. The Morgan fingerprint density at radius 3 is 2.47 bits per heavy atom. The van der Waals surface area contributed by atoms with Crippen LogP contribution in [-0.4, -0.2) is 44.8 Å². The molecule has 0 aliphatic rings. The van der Waals surface area contributed by atoms with Gasteiger partial charge in [0.25, 0.3) is 0 Å². The average Bonchev–Trinajstić information content (AvgIpc) is 2.45. The maximum absolute atomic E-state index is 5.25. The predicted molar refractivity (Wildman–Crippen MR) is 81.4 cm³/mol. The summed E-state index contributed by atoms with van der Waals surface area (Å²) < 4.78 is 5.25. The first-order valence-corrected chi connectivity index (χ1v) is 7.18. The van der Waals surface area contributed by atoms with E-state index in [1.165, 1.54) is 5.56 Å². The third kappa shape index (κ3) is 5.31. The van der Waals surface area contributed by atoms with Crippen LogP contribution in [0.2, 0.25) is 0 Å². The average molecular weight is 264 g/mol. The summed E-state index contributed by atoms with van der Waals surface area (Å²) in [5.41, 5.74) is 1.36. The molecule has 2 unspecified atom stereocenters. The highest BCUT2D eigenvalue weighted by Crippen LogP contribution is 2.17. The number of benzene rings is 1. The second-order valence-corrected chi connectivity index (χ2v) is 4.97. The first kappa shape index (κ1) is 16.2. The van der Waals surface area contributed by atoms with E-state index in [0.717, 1.165) is 26.1 Å². The van der Waals surface area contributed by atoms with Crippen LogP contribution < -0.4 is 5.32 Å². The van der Waals surface area contributed by atoms with Crippen molar-refractivity contribution in [2.45, 2.75) is 32.4 Å². The number of likely N-dealkylation sites (N-methyl/N-ethyl adjacent to an activating group) is 1. The van der Waals surface area contributed by atoms with Gasteiger partial charge >= 0.3 is 0 Å². The number of hydrogen-bond acceptors (Lipinski definition) is 3. The van der Waals surface area contributed by atoms with Gasteiger partial charge in [0.1, 0.15) is 0 Å². The van der Waals surface area contributed by atoms with Gasteiger partial charge in [-0.2, -0.15) is 0 Å². The van der Waals surface area contributed by atoms with Crippen LogP contribution in [0.15, 0.2) is 30.3 Å². The Bertz CT molecular complexity index is 329. The van der Waals surface area contributed by atoms with Crippen LogP contribution in [0.4, 0.5) is 0 Å². The van der Waals surface area contributed by atoms with E-state index in [4.69, 9.17) is 4.74 Å². The zero-order valence-corrected chi connectivity index (χ0v) is 12.7. The molecule has 3 heteroatoms.